The van der Waals surface area contributed by atoms with Crippen molar-refractivity contribution in [2.45, 2.75) is 22.8 Å². The van der Waals surface area contributed by atoms with Gasteiger partial charge in [-0.05, 0) is 55.0 Å². The van der Waals surface area contributed by atoms with Gasteiger partial charge < -0.3 is 5.73 Å². The smallest absolute Gasteiger partial charge is 0.0406 e. The van der Waals surface area contributed by atoms with Gasteiger partial charge in [0.15, 0.2) is 0 Å². The van der Waals surface area contributed by atoms with Gasteiger partial charge in [-0.3, -0.25) is 0 Å². The van der Waals surface area contributed by atoms with Gasteiger partial charge in [0.1, 0.15) is 0 Å². The van der Waals surface area contributed by atoms with Crippen molar-refractivity contribution in [1.29, 1.82) is 0 Å². The summed E-state index contributed by atoms with van der Waals surface area (Å²) in [6, 6.07) is 14.0. The van der Waals surface area contributed by atoms with E-state index in [9.17, 15) is 0 Å². The first kappa shape index (κ1) is 13.9. The Balaban J connectivity index is 2.31. The van der Waals surface area contributed by atoms with E-state index in [0.717, 1.165) is 20.0 Å². The molecule has 0 spiro atoms. The van der Waals surface area contributed by atoms with E-state index in [-0.39, 0.29) is 6.04 Å². The van der Waals surface area contributed by atoms with Crippen LogP contribution in [0.2, 0.25) is 5.02 Å². The molecular formula is C14H13BrClNS. The molecule has 2 N–H and O–H groups in total. The van der Waals surface area contributed by atoms with Crippen molar-refractivity contribution < 1.29 is 0 Å². The normalized spacial score (nSPS) is 12.4. The Morgan fingerprint density at radius 1 is 1.17 bits per heavy atom. The second-order valence-corrected chi connectivity index (χ2v) is 6.49. The zero-order valence-corrected chi connectivity index (χ0v) is 13.0. The number of rotatable bonds is 3. The zero-order chi connectivity index (χ0) is 13.1. The van der Waals surface area contributed by atoms with Gasteiger partial charge in [-0.1, -0.05) is 39.3 Å². The Kier molecular flexibility index (Phi) is 4.73. The van der Waals surface area contributed by atoms with E-state index in [1.165, 1.54) is 4.90 Å². The second-order valence-electron chi connectivity index (χ2n) is 4.03. The first-order valence-electron chi connectivity index (χ1n) is 5.54. The zero-order valence-electron chi connectivity index (χ0n) is 9.86. The molecule has 0 bridgehead atoms. The monoisotopic (exact) mass is 341 g/mol. The lowest BCUT2D eigenvalue weighted by Gasteiger charge is -2.13. The van der Waals surface area contributed by atoms with Crippen LogP contribution in [0.3, 0.4) is 0 Å². The van der Waals surface area contributed by atoms with Crippen LogP contribution in [0.4, 0.5) is 0 Å². The van der Waals surface area contributed by atoms with Crippen LogP contribution in [-0.2, 0) is 0 Å². The highest BCUT2D eigenvalue weighted by atomic mass is 79.9. The summed E-state index contributed by atoms with van der Waals surface area (Å²) in [6.07, 6.45) is 0. The Labute approximate surface area is 125 Å². The van der Waals surface area contributed by atoms with E-state index in [1.54, 1.807) is 11.8 Å². The minimum absolute atomic E-state index is 0.0114. The van der Waals surface area contributed by atoms with Crippen LogP contribution >= 0.6 is 39.3 Å². The maximum Gasteiger partial charge on any atom is 0.0406 e. The predicted molar refractivity (Wildman–Crippen MR) is 82.3 cm³/mol. The van der Waals surface area contributed by atoms with Crippen molar-refractivity contribution in [3.05, 3.63) is 57.5 Å². The number of nitrogens with two attached hydrogens (primary N) is 1. The van der Waals surface area contributed by atoms with Crippen LogP contribution in [0.5, 0.6) is 0 Å². The molecule has 2 aromatic carbocycles. The van der Waals surface area contributed by atoms with E-state index in [1.807, 2.05) is 37.3 Å². The summed E-state index contributed by atoms with van der Waals surface area (Å²) in [6.45, 7) is 1.99. The molecule has 2 rings (SSSR count). The van der Waals surface area contributed by atoms with Gasteiger partial charge in [0.05, 0.1) is 0 Å². The van der Waals surface area contributed by atoms with E-state index >= 15 is 0 Å². The van der Waals surface area contributed by atoms with Gasteiger partial charge in [-0.2, -0.15) is 0 Å². The molecule has 1 nitrogen and oxygen atoms in total. The highest BCUT2D eigenvalue weighted by Gasteiger charge is 2.09. The average molecular weight is 343 g/mol. The van der Waals surface area contributed by atoms with Crippen LogP contribution in [0.15, 0.2) is 56.7 Å². The summed E-state index contributed by atoms with van der Waals surface area (Å²) in [5, 5.41) is 0.752. The molecule has 0 aliphatic carbocycles. The molecule has 1 atom stereocenters. The van der Waals surface area contributed by atoms with E-state index in [2.05, 4.69) is 28.1 Å². The molecule has 1 unspecified atom stereocenters. The Bertz CT molecular complexity index is 540. The lowest BCUT2D eigenvalue weighted by atomic mass is 10.1. The van der Waals surface area contributed by atoms with Gasteiger partial charge in [-0.25, -0.2) is 0 Å². The fourth-order valence-electron chi connectivity index (χ4n) is 1.60. The lowest BCUT2D eigenvalue weighted by Crippen LogP contribution is -2.06. The maximum absolute atomic E-state index is 6.01. The van der Waals surface area contributed by atoms with E-state index < -0.39 is 0 Å². The van der Waals surface area contributed by atoms with Crippen LogP contribution in [0.25, 0.3) is 0 Å². The molecular weight excluding hydrogens is 330 g/mol. The molecule has 0 aromatic heterocycles. The first-order valence-corrected chi connectivity index (χ1v) is 7.53. The summed E-state index contributed by atoms with van der Waals surface area (Å²) in [5.74, 6) is 0. The molecule has 18 heavy (non-hydrogen) atoms. The fourth-order valence-corrected chi connectivity index (χ4v) is 3.13. The largest absolute Gasteiger partial charge is 0.324 e. The topological polar surface area (TPSA) is 26.0 Å². The van der Waals surface area contributed by atoms with Crippen LogP contribution in [0.1, 0.15) is 18.5 Å². The third-order valence-corrected chi connectivity index (χ3v) is 4.35. The van der Waals surface area contributed by atoms with Crippen molar-refractivity contribution in [2.75, 3.05) is 0 Å². The van der Waals surface area contributed by atoms with Crippen LogP contribution in [0, 0.1) is 0 Å². The maximum atomic E-state index is 6.01. The SMILES string of the molecule is CC(N)c1cc(Br)ccc1Sc1ccc(Cl)cc1. The predicted octanol–water partition coefficient (Wildman–Crippen LogP) is 5.27. The van der Waals surface area contributed by atoms with E-state index in [4.69, 9.17) is 17.3 Å². The molecule has 0 heterocycles. The molecule has 4 heteroatoms. The van der Waals surface area contributed by atoms with Gasteiger partial charge in [0, 0.05) is 25.3 Å². The molecule has 0 radical (unpaired) electrons. The van der Waals surface area contributed by atoms with Crippen LogP contribution in [-0.4, -0.2) is 0 Å². The molecule has 0 saturated carbocycles. The standard InChI is InChI=1S/C14H13BrClNS/c1-9(17)13-8-10(15)2-7-14(13)18-12-5-3-11(16)4-6-12/h2-9H,17H2,1H3. The quantitative estimate of drug-likeness (QED) is 0.822. The molecule has 0 aliphatic heterocycles. The molecule has 0 fully saturated rings. The highest BCUT2D eigenvalue weighted by Crippen LogP contribution is 2.34. The van der Waals surface area contributed by atoms with Gasteiger partial charge in [0.25, 0.3) is 0 Å². The third-order valence-electron chi connectivity index (χ3n) is 2.50. The van der Waals surface area contributed by atoms with Crippen molar-refractivity contribution in [3.63, 3.8) is 0 Å². The minimum Gasteiger partial charge on any atom is -0.324 e. The number of hydrogen-bond donors (Lipinski definition) is 1. The summed E-state index contributed by atoms with van der Waals surface area (Å²) in [5.41, 5.74) is 7.15. The molecule has 2 aromatic rings. The average Bonchev–Trinajstić information content (AvgIpc) is 2.34. The van der Waals surface area contributed by atoms with Crippen molar-refractivity contribution >= 4 is 39.3 Å². The first-order chi connectivity index (χ1) is 8.56. The third kappa shape index (κ3) is 3.51. The van der Waals surface area contributed by atoms with Gasteiger partial charge >= 0.3 is 0 Å². The Hall–Kier alpha value is -0.480. The Morgan fingerprint density at radius 3 is 2.44 bits per heavy atom. The molecule has 0 amide bonds. The summed E-state index contributed by atoms with van der Waals surface area (Å²) < 4.78 is 1.05. The van der Waals surface area contributed by atoms with Crippen LogP contribution < -0.4 is 5.73 Å². The van der Waals surface area contributed by atoms with Crippen molar-refractivity contribution in [3.8, 4) is 0 Å². The molecule has 0 aliphatic rings. The molecule has 94 valence electrons. The number of hydrogen-bond acceptors (Lipinski definition) is 2. The summed E-state index contributed by atoms with van der Waals surface area (Å²) in [4.78, 5) is 2.33. The summed E-state index contributed by atoms with van der Waals surface area (Å²) in [7, 11) is 0. The minimum atomic E-state index is 0.0114. The van der Waals surface area contributed by atoms with Crippen molar-refractivity contribution in [2.24, 2.45) is 5.73 Å². The number of benzene rings is 2. The van der Waals surface area contributed by atoms with Gasteiger partial charge in [0.2, 0.25) is 0 Å². The fraction of sp³-hybridized carbons (Fsp3) is 0.143. The highest BCUT2D eigenvalue weighted by molar-refractivity contribution is 9.10. The van der Waals surface area contributed by atoms with Crippen molar-refractivity contribution in [1.82, 2.24) is 0 Å². The summed E-state index contributed by atoms with van der Waals surface area (Å²) >= 11 is 11.1. The van der Waals surface area contributed by atoms with Gasteiger partial charge in [-0.15, -0.1) is 0 Å². The number of halogens is 2. The molecule has 0 saturated heterocycles. The lowest BCUT2D eigenvalue weighted by molar-refractivity contribution is 0.796. The Morgan fingerprint density at radius 2 is 1.83 bits per heavy atom. The van der Waals surface area contributed by atoms with E-state index in [0.29, 0.717) is 0 Å². The second kappa shape index (κ2) is 6.11.